The highest BCUT2D eigenvalue weighted by molar-refractivity contribution is 6.32. The summed E-state index contributed by atoms with van der Waals surface area (Å²) in [6.45, 7) is 4.05. The van der Waals surface area contributed by atoms with Crippen LogP contribution in [0.2, 0.25) is 5.15 Å². The van der Waals surface area contributed by atoms with E-state index in [1.165, 1.54) is 6.20 Å². The number of methoxy groups -OCH3 is 1. The Bertz CT molecular complexity index is 920. The maximum absolute atomic E-state index is 14.8. The third-order valence-electron chi connectivity index (χ3n) is 6.74. The third-order valence-corrected chi connectivity index (χ3v) is 7.04. The van der Waals surface area contributed by atoms with Crippen molar-refractivity contribution in [3.63, 3.8) is 0 Å². The molecule has 0 bridgehead atoms. The molecule has 0 unspecified atom stereocenters. The molecule has 2 fully saturated rings. The summed E-state index contributed by atoms with van der Waals surface area (Å²) in [6, 6.07) is 4.44. The number of nitrogens with zero attached hydrogens (tertiary/aromatic N) is 2. The van der Waals surface area contributed by atoms with Gasteiger partial charge in [-0.1, -0.05) is 11.6 Å². The third kappa shape index (κ3) is 7.01. The highest BCUT2D eigenvalue weighted by atomic mass is 35.5. The number of hydrogen-bond donors (Lipinski definition) is 3. The first kappa shape index (κ1) is 25.1. The monoisotopic (exact) mass is 491 g/mol. The summed E-state index contributed by atoms with van der Waals surface area (Å²) >= 11 is 6.39. The second kappa shape index (κ2) is 12.6. The molecule has 34 heavy (non-hydrogen) atoms. The summed E-state index contributed by atoms with van der Waals surface area (Å²) in [4.78, 5) is 8.58. The molecule has 1 saturated heterocycles. The summed E-state index contributed by atoms with van der Waals surface area (Å²) in [5.41, 5.74) is 1.79. The van der Waals surface area contributed by atoms with Gasteiger partial charge in [0, 0.05) is 56.6 Å². The van der Waals surface area contributed by atoms with Gasteiger partial charge in [0.25, 0.3) is 0 Å². The molecular weight excluding hydrogens is 457 g/mol. The van der Waals surface area contributed by atoms with Crippen LogP contribution in [0.25, 0.3) is 11.1 Å². The largest absolute Gasteiger partial charge is 0.384 e. The molecular formula is C25H35ClFN5O2. The van der Waals surface area contributed by atoms with Crippen LogP contribution in [-0.4, -0.2) is 62.1 Å². The van der Waals surface area contributed by atoms with E-state index in [1.54, 1.807) is 19.4 Å². The average molecular weight is 492 g/mol. The minimum Gasteiger partial charge on any atom is -0.384 e. The van der Waals surface area contributed by atoms with Gasteiger partial charge in [-0.3, -0.25) is 0 Å². The molecule has 2 aromatic rings. The summed E-state index contributed by atoms with van der Waals surface area (Å²) in [6.07, 6.45) is 9.29. The van der Waals surface area contributed by atoms with Crippen molar-refractivity contribution in [1.29, 1.82) is 0 Å². The van der Waals surface area contributed by atoms with Gasteiger partial charge in [-0.15, -0.1) is 0 Å². The lowest BCUT2D eigenvalue weighted by Crippen LogP contribution is -2.38. The fourth-order valence-corrected chi connectivity index (χ4v) is 4.89. The average Bonchev–Trinajstić information content (AvgIpc) is 2.87. The van der Waals surface area contributed by atoms with E-state index in [-0.39, 0.29) is 5.15 Å². The van der Waals surface area contributed by atoms with Crippen molar-refractivity contribution in [2.75, 3.05) is 50.7 Å². The topological polar surface area (TPSA) is 80.3 Å². The van der Waals surface area contributed by atoms with E-state index < -0.39 is 5.82 Å². The molecule has 0 spiro atoms. The van der Waals surface area contributed by atoms with Crippen LogP contribution in [0.5, 0.6) is 0 Å². The zero-order chi connectivity index (χ0) is 23.8. The van der Waals surface area contributed by atoms with Gasteiger partial charge in [-0.25, -0.2) is 14.4 Å². The van der Waals surface area contributed by atoms with Crippen LogP contribution in [-0.2, 0) is 9.47 Å². The summed E-state index contributed by atoms with van der Waals surface area (Å²) in [5, 5.41) is 10.7. The number of hydrogen-bond acceptors (Lipinski definition) is 7. The number of ether oxygens (including phenoxy) is 2. The van der Waals surface area contributed by atoms with Gasteiger partial charge in [0.1, 0.15) is 16.8 Å². The molecule has 0 radical (unpaired) electrons. The molecule has 2 aromatic heterocycles. The number of nitrogens with one attached hydrogen (secondary N) is 3. The van der Waals surface area contributed by atoms with E-state index in [2.05, 4.69) is 25.9 Å². The van der Waals surface area contributed by atoms with Crippen molar-refractivity contribution in [3.05, 3.63) is 35.5 Å². The Morgan fingerprint density at radius 1 is 1.03 bits per heavy atom. The minimum absolute atomic E-state index is 0.273. The number of anilines is 2. The Kier molecular flexibility index (Phi) is 9.33. The van der Waals surface area contributed by atoms with Crippen LogP contribution >= 0.6 is 11.6 Å². The smallest absolute Gasteiger partial charge is 0.149 e. The molecule has 1 aliphatic heterocycles. The van der Waals surface area contributed by atoms with Gasteiger partial charge < -0.3 is 25.4 Å². The van der Waals surface area contributed by atoms with Gasteiger partial charge in [0.2, 0.25) is 0 Å². The molecule has 7 nitrogen and oxygen atoms in total. The van der Waals surface area contributed by atoms with Crippen LogP contribution in [0.1, 0.15) is 38.5 Å². The predicted octanol–water partition coefficient (Wildman–Crippen LogP) is 4.73. The molecule has 1 aliphatic carbocycles. The SMILES string of the molecule is COCCN[C@H]1CC[C@H](Nc2cc(-c3cc(NCC4CCOCC4)cnc3Cl)c(F)cn2)CC1. The lowest BCUT2D eigenvalue weighted by molar-refractivity contribution is 0.0699. The van der Waals surface area contributed by atoms with Crippen LogP contribution in [0.4, 0.5) is 15.9 Å². The maximum atomic E-state index is 14.8. The van der Waals surface area contributed by atoms with Crippen molar-refractivity contribution in [2.45, 2.75) is 50.6 Å². The van der Waals surface area contributed by atoms with Crippen LogP contribution in [0, 0.1) is 11.7 Å². The Hall–Kier alpha value is -2.00. The van der Waals surface area contributed by atoms with E-state index in [0.29, 0.717) is 34.9 Å². The quantitative estimate of drug-likeness (QED) is 0.327. The number of pyridine rings is 2. The molecule has 0 atom stereocenters. The minimum atomic E-state index is -0.415. The Balaban J connectivity index is 1.39. The molecule has 4 rings (SSSR count). The van der Waals surface area contributed by atoms with Crippen molar-refractivity contribution >= 4 is 23.1 Å². The molecule has 9 heteroatoms. The zero-order valence-corrected chi connectivity index (χ0v) is 20.5. The molecule has 0 aromatic carbocycles. The molecule has 3 N–H and O–H groups in total. The predicted molar refractivity (Wildman–Crippen MR) is 134 cm³/mol. The van der Waals surface area contributed by atoms with E-state index in [9.17, 15) is 4.39 Å². The molecule has 0 amide bonds. The number of aromatic nitrogens is 2. The highest BCUT2D eigenvalue weighted by Crippen LogP contribution is 2.33. The molecule has 1 saturated carbocycles. The standard InChI is InChI=1S/C25H35ClFN5O2/c1-33-11-8-28-18-2-4-19(5-3-18)32-24-13-21(23(27)16-30-24)22-12-20(15-31-25(22)26)29-14-17-6-9-34-10-7-17/h12-13,15-19,28-29H,2-11,14H2,1H3,(H,30,32)/t18-,19-. The van der Waals surface area contributed by atoms with Crippen LogP contribution < -0.4 is 16.0 Å². The Morgan fingerprint density at radius 2 is 1.79 bits per heavy atom. The van der Waals surface area contributed by atoms with E-state index in [1.807, 2.05) is 6.07 Å². The van der Waals surface area contributed by atoms with Crippen molar-refractivity contribution < 1.29 is 13.9 Å². The van der Waals surface area contributed by atoms with Crippen molar-refractivity contribution in [1.82, 2.24) is 15.3 Å². The van der Waals surface area contributed by atoms with E-state index in [4.69, 9.17) is 21.1 Å². The second-order valence-corrected chi connectivity index (χ2v) is 9.55. The number of halogens is 2. The normalized spacial score (nSPS) is 21.4. The first-order chi connectivity index (χ1) is 16.6. The van der Waals surface area contributed by atoms with Crippen LogP contribution in [0.3, 0.4) is 0 Å². The van der Waals surface area contributed by atoms with Crippen LogP contribution in [0.15, 0.2) is 24.5 Å². The van der Waals surface area contributed by atoms with E-state index >= 15 is 0 Å². The van der Waals surface area contributed by atoms with Gasteiger partial charge >= 0.3 is 0 Å². The first-order valence-electron chi connectivity index (χ1n) is 12.2. The summed E-state index contributed by atoms with van der Waals surface area (Å²) < 4.78 is 25.3. The Morgan fingerprint density at radius 3 is 2.56 bits per heavy atom. The molecule has 186 valence electrons. The summed E-state index contributed by atoms with van der Waals surface area (Å²) in [5.74, 6) is 0.803. The van der Waals surface area contributed by atoms with Crippen molar-refractivity contribution in [2.24, 2.45) is 5.92 Å². The van der Waals surface area contributed by atoms with Gasteiger partial charge in [0.15, 0.2) is 0 Å². The molecule has 3 heterocycles. The van der Waals surface area contributed by atoms with Crippen molar-refractivity contribution in [3.8, 4) is 11.1 Å². The summed E-state index contributed by atoms with van der Waals surface area (Å²) in [7, 11) is 1.72. The zero-order valence-electron chi connectivity index (χ0n) is 19.8. The maximum Gasteiger partial charge on any atom is 0.149 e. The second-order valence-electron chi connectivity index (χ2n) is 9.19. The van der Waals surface area contributed by atoms with E-state index in [0.717, 1.165) is 77.1 Å². The lowest BCUT2D eigenvalue weighted by atomic mass is 9.91. The highest BCUT2D eigenvalue weighted by Gasteiger charge is 2.22. The fourth-order valence-electron chi connectivity index (χ4n) is 4.69. The number of rotatable bonds is 10. The van der Waals surface area contributed by atoms with Gasteiger partial charge in [-0.2, -0.15) is 0 Å². The lowest BCUT2D eigenvalue weighted by Gasteiger charge is -2.30. The molecule has 2 aliphatic rings. The first-order valence-corrected chi connectivity index (χ1v) is 12.6. The fraction of sp³-hybridized carbons (Fsp3) is 0.600. The van der Waals surface area contributed by atoms with Gasteiger partial charge in [-0.05, 0) is 56.6 Å². The Labute approximate surface area is 206 Å². The van der Waals surface area contributed by atoms with Gasteiger partial charge in [0.05, 0.1) is 24.7 Å².